The van der Waals surface area contributed by atoms with Crippen molar-refractivity contribution >= 4 is 11.6 Å². The minimum atomic E-state index is -4.49. The number of likely N-dealkylation sites (tertiary alicyclic amines) is 1. The summed E-state index contributed by atoms with van der Waals surface area (Å²) in [7, 11) is 0. The summed E-state index contributed by atoms with van der Waals surface area (Å²) in [4.78, 5) is 23.7. The third-order valence-electron chi connectivity index (χ3n) is 7.73. The molecule has 3 aromatic heterocycles. The van der Waals surface area contributed by atoms with Crippen LogP contribution in [-0.2, 0) is 16.3 Å². The van der Waals surface area contributed by atoms with Crippen LogP contribution < -0.4 is 5.32 Å². The van der Waals surface area contributed by atoms with Crippen LogP contribution in [0.3, 0.4) is 0 Å². The number of hydrogen-bond donors (Lipinski definition) is 1. The van der Waals surface area contributed by atoms with Crippen molar-refractivity contribution in [1.29, 1.82) is 5.26 Å². The summed E-state index contributed by atoms with van der Waals surface area (Å²) in [5.41, 5.74) is 0.232. The number of anilines is 1. The van der Waals surface area contributed by atoms with E-state index in [1.165, 1.54) is 23.1 Å². The Labute approximate surface area is 223 Å². The largest absolute Gasteiger partial charge is 0.417 e. The Bertz CT molecular complexity index is 1370. The third-order valence-corrected chi connectivity index (χ3v) is 7.73. The van der Waals surface area contributed by atoms with E-state index in [1.807, 2.05) is 0 Å². The smallest absolute Gasteiger partial charge is 0.377 e. The molecule has 39 heavy (non-hydrogen) atoms. The van der Waals surface area contributed by atoms with E-state index in [0.29, 0.717) is 36.0 Å². The van der Waals surface area contributed by atoms with Gasteiger partial charge in [0.1, 0.15) is 5.41 Å². The molecule has 5 rings (SSSR count). The molecule has 0 unspecified atom stereocenters. The fraction of sp³-hybridized carbons (Fsp3) is 0.444. The Morgan fingerprint density at radius 2 is 1.92 bits per heavy atom. The second kappa shape index (κ2) is 10.4. The molecule has 0 aliphatic carbocycles. The predicted molar refractivity (Wildman–Crippen MR) is 135 cm³/mol. The number of alkyl halides is 3. The summed E-state index contributed by atoms with van der Waals surface area (Å²) in [5.74, 6) is -0.287. The highest BCUT2D eigenvalue weighted by atomic mass is 19.4. The van der Waals surface area contributed by atoms with Crippen LogP contribution in [-0.4, -0.2) is 62.4 Å². The minimum absolute atomic E-state index is 0.160. The summed E-state index contributed by atoms with van der Waals surface area (Å²) in [6, 6.07) is 8.48. The van der Waals surface area contributed by atoms with Crippen LogP contribution in [0.25, 0.3) is 5.82 Å². The highest BCUT2D eigenvalue weighted by molar-refractivity contribution is 6.04. The van der Waals surface area contributed by atoms with Gasteiger partial charge < -0.3 is 10.1 Å². The second-order valence-corrected chi connectivity index (χ2v) is 10.0. The first-order chi connectivity index (χ1) is 18.6. The lowest BCUT2D eigenvalue weighted by Gasteiger charge is -2.40. The van der Waals surface area contributed by atoms with Crippen LogP contribution in [0.5, 0.6) is 0 Å². The van der Waals surface area contributed by atoms with Gasteiger partial charge in [-0.3, -0.25) is 14.7 Å². The van der Waals surface area contributed by atoms with Crippen LogP contribution in [0.2, 0.25) is 0 Å². The van der Waals surface area contributed by atoms with Crippen molar-refractivity contribution in [2.75, 3.05) is 25.0 Å². The van der Waals surface area contributed by atoms with Gasteiger partial charge in [-0.2, -0.15) is 23.5 Å². The van der Waals surface area contributed by atoms with Gasteiger partial charge >= 0.3 is 6.18 Å². The Balaban J connectivity index is 1.25. The van der Waals surface area contributed by atoms with Crippen molar-refractivity contribution in [2.45, 2.75) is 56.8 Å². The van der Waals surface area contributed by atoms with E-state index in [4.69, 9.17) is 4.74 Å². The van der Waals surface area contributed by atoms with E-state index in [0.717, 1.165) is 38.4 Å². The molecule has 0 saturated carbocycles. The van der Waals surface area contributed by atoms with Gasteiger partial charge in [-0.05, 0) is 57.4 Å². The molecule has 0 radical (unpaired) electrons. The quantitative estimate of drug-likeness (QED) is 0.516. The molecule has 5 heterocycles. The molecule has 2 aliphatic heterocycles. The van der Waals surface area contributed by atoms with Gasteiger partial charge in [0, 0.05) is 31.9 Å². The van der Waals surface area contributed by atoms with Crippen molar-refractivity contribution < 1.29 is 22.7 Å². The highest BCUT2D eigenvalue weighted by Crippen LogP contribution is 2.36. The Morgan fingerprint density at radius 1 is 1.15 bits per heavy atom. The standard InChI is InChI=1S/C27H28F3N7O2/c1-17-21(15-34-37(17)24-6-3-19(13-33-24)27(28,29)30)25(38)35-20-4-5-23(32-14-20)26(16-31)8-10-36(11-9-26)22-7-12-39-18(22)2/h3-6,13-15,18,22H,7-12H2,1-2H3,(H,35,38)/t18-,22-/m1/s1. The summed E-state index contributed by atoms with van der Waals surface area (Å²) in [5, 5.41) is 17.0. The van der Waals surface area contributed by atoms with Gasteiger partial charge in [-0.15, -0.1) is 0 Å². The van der Waals surface area contributed by atoms with Gasteiger partial charge in [0.25, 0.3) is 5.91 Å². The van der Waals surface area contributed by atoms with Gasteiger partial charge in [-0.25, -0.2) is 9.67 Å². The number of rotatable bonds is 5. The predicted octanol–water partition coefficient (Wildman–Crippen LogP) is 4.28. The van der Waals surface area contributed by atoms with Crippen molar-refractivity contribution in [3.8, 4) is 11.9 Å². The molecule has 2 aliphatic rings. The van der Waals surface area contributed by atoms with Crippen LogP contribution >= 0.6 is 0 Å². The number of pyridine rings is 2. The zero-order valence-corrected chi connectivity index (χ0v) is 21.6. The number of halogens is 3. The van der Waals surface area contributed by atoms with Crippen molar-refractivity contribution in [1.82, 2.24) is 24.6 Å². The number of hydrogen-bond acceptors (Lipinski definition) is 7. The molecule has 1 amide bonds. The molecular formula is C27H28F3N7O2. The lowest BCUT2D eigenvalue weighted by atomic mass is 9.76. The molecule has 2 fully saturated rings. The number of nitrogens with one attached hydrogen (secondary N) is 1. The average Bonchev–Trinajstić information content (AvgIpc) is 3.54. The van der Waals surface area contributed by atoms with E-state index in [-0.39, 0.29) is 17.5 Å². The second-order valence-electron chi connectivity index (χ2n) is 10.0. The fourth-order valence-corrected chi connectivity index (χ4v) is 5.35. The summed E-state index contributed by atoms with van der Waals surface area (Å²) in [6.07, 6.45) is 1.64. The van der Waals surface area contributed by atoms with Gasteiger partial charge in [0.2, 0.25) is 0 Å². The number of nitriles is 1. The number of ether oxygens (including phenoxy) is 1. The van der Waals surface area contributed by atoms with E-state index < -0.39 is 23.1 Å². The maximum absolute atomic E-state index is 12.9. The van der Waals surface area contributed by atoms with Crippen molar-refractivity contribution in [3.05, 3.63) is 65.4 Å². The Kier molecular flexibility index (Phi) is 7.13. The normalized spacial score (nSPS) is 21.4. The van der Waals surface area contributed by atoms with Crippen LogP contribution in [0.4, 0.5) is 18.9 Å². The fourth-order valence-electron chi connectivity index (χ4n) is 5.35. The van der Waals surface area contributed by atoms with Crippen LogP contribution in [0, 0.1) is 18.3 Å². The monoisotopic (exact) mass is 539 g/mol. The molecule has 204 valence electrons. The number of carbonyl (C=O) groups excluding carboxylic acids is 1. The topological polar surface area (TPSA) is 109 Å². The van der Waals surface area contributed by atoms with E-state index in [1.54, 1.807) is 19.1 Å². The molecule has 0 bridgehead atoms. The minimum Gasteiger partial charge on any atom is -0.377 e. The molecule has 9 nitrogen and oxygen atoms in total. The first-order valence-corrected chi connectivity index (χ1v) is 12.7. The Morgan fingerprint density at radius 3 is 2.49 bits per heavy atom. The number of amides is 1. The molecule has 12 heteroatoms. The zero-order valence-electron chi connectivity index (χ0n) is 21.6. The van der Waals surface area contributed by atoms with Crippen molar-refractivity contribution in [2.24, 2.45) is 0 Å². The maximum Gasteiger partial charge on any atom is 0.417 e. The highest BCUT2D eigenvalue weighted by Gasteiger charge is 2.41. The lowest BCUT2D eigenvalue weighted by molar-refractivity contribution is -0.137. The number of carbonyl (C=O) groups is 1. The molecule has 0 spiro atoms. The lowest BCUT2D eigenvalue weighted by Crippen LogP contribution is -2.48. The summed E-state index contributed by atoms with van der Waals surface area (Å²) >= 11 is 0. The molecule has 2 saturated heterocycles. The maximum atomic E-state index is 12.9. The van der Waals surface area contributed by atoms with E-state index >= 15 is 0 Å². The average molecular weight is 540 g/mol. The molecule has 1 N–H and O–H groups in total. The molecular weight excluding hydrogens is 511 g/mol. The Hall–Kier alpha value is -3.82. The van der Waals surface area contributed by atoms with Gasteiger partial charge in [0.05, 0.1) is 52.8 Å². The molecule has 3 aromatic rings. The SMILES string of the molecule is Cc1c(C(=O)Nc2ccc(C3(C#N)CCN([C@@H]4CCO[C@@H]4C)CC3)nc2)cnn1-c1ccc(C(F)(F)F)cn1. The van der Waals surface area contributed by atoms with Gasteiger partial charge in [0.15, 0.2) is 5.82 Å². The number of piperidine rings is 1. The first kappa shape index (κ1) is 26.8. The van der Waals surface area contributed by atoms with Crippen LogP contribution in [0.1, 0.15) is 53.5 Å². The third kappa shape index (κ3) is 5.24. The molecule has 0 aromatic carbocycles. The van der Waals surface area contributed by atoms with E-state index in [2.05, 4.69) is 38.3 Å². The van der Waals surface area contributed by atoms with Gasteiger partial charge in [-0.1, -0.05) is 0 Å². The number of nitrogens with zero attached hydrogens (tertiary/aromatic N) is 6. The zero-order chi connectivity index (χ0) is 27.8. The summed E-state index contributed by atoms with van der Waals surface area (Å²) < 4.78 is 45.5. The van der Waals surface area contributed by atoms with Crippen LogP contribution in [0.15, 0.2) is 42.9 Å². The summed E-state index contributed by atoms with van der Waals surface area (Å²) in [6.45, 7) is 6.08. The van der Waals surface area contributed by atoms with Crippen molar-refractivity contribution in [3.63, 3.8) is 0 Å². The van der Waals surface area contributed by atoms with E-state index in [9.17, 15) is 23.2 Å². The number of aromatic nitrogens is 4. The first-order valence-electron chi connectivity index (χ1n) is 12.7. The molecule has 2 atom stereocenters.